The molecule has 1 heterocycles. The van der Waals surface area contributed by atoms with Crippen LogP contribution < -0.4 is 9.47 Å². The van der Waals surface area contributed by atoms with Crippen LogP contribution >= 0.6 is 0 Å². The minimum absolute atomic E-state index is 0.0404. The lowest BCUT2D eigenvalue weighted by Crippen LogP contribution is -2.56. The number of benzene rings is 1. The third kappa shape index (κ3) is 4.04. The van der Waals surface area contributed by atoms with Gasteiger partial charge in [0.2, 0.25) is 0 Å². The van der Waals surface area contributed by atoms with Gasteiger partial charge in [0.1, 0.15) is 23.2 Å². The number of fused-ring (bicyclic) bond motifs is 1. The van der Waals surface area contributed by atoms with Crippen LogP contribution in [0.25, 0.3) is 0 Å². The summed E-state index contributed by atoms with van der Waals surface area (Å²) in [4.78, 5) is 0. The second kappa shape index (κ2) is 6.93. The van der Waals surface area contributed by atoms with Crippen LogP contribution in [0.2, 0.25) is 18.1 Å². The summed E-state index contributed by atoms with van der Waals surface area (Å²) >= 11 is 0. The predicted molar refractivity (Wildman–Crippen MR) is 104 cm³/mol. The van der Waals surface area contributed by atoms with Crippen molar-refractivity contribution in [1.82, 2.24) is 0 Å². The monoisotopic (exact) mass is 366 g/mol. The Balaban J connectivity index is 2.31. The van der Waals surface area contributed by atoms with Gasteiger partial charge in [0.05, 0.1) is 13.7 Å². The Bertz CT molecular complexity index is 621. The molecule has 2 rings (SSSR count). The summed E-state index contributed by atoms with van der Waals surface area (Å²) in [6.45, 7) is 15.1. The molecule has 25 heavy (non-hydrogen) atoms. The number of aliphatic hydroxyl groups is 1. The van der Waals surface area contributed by atoms with Gasteiger partial charge in [-0.25, -0.2) is 0 Å². The first-order chi connectivity index (χ1) is 11.4. The molecule has 0 bridgehead atoms. The second-order valence-corrected chi connectivity index (χ2v) is 13.7. The maximum Gasteiger partial charge on any atom is 0.192 e. The number of ether oxygens (including phenoxy) is 2. The van der Waals surface area contributed by atoms with Gasteiger partial charge in [-0.1, -0.05) is 20.8 Å². The van der Waals surface area contributed by atoms with E-state index in [0.717, 1.165) is 35.5 Å². The van der Waals surface area contributed by atoms with Gasteiger partial charge in [-0.2, -0.15) is 0 Å². The molecule has 0 fully saturated rings. The smallest absolute Gasteiger partial charge is 0.192 e. The highest BCUT2D eigenvalue weighted by Crippen LogP contribution is 2.44. The zero-order valence-corrected chi connectivity index (χ0v) is 18.0. The van der Waals surface area contributed by atoms with Crippen LogP contribution in [0.1, 0.15) is 45.2 Å². The summed E-state index contributed by atoms with van der Waals surface area (Å²) in [5.74, 6) is 1.73. The number of methoxy groups -OCH3 is 1. The second-order valence-electron chi connectivity index (χ2n) is 8.91. The van der Waals surface area contributed by atoms with Crippen molar-refractivity contribution >= 4 is 8.32 Å². The van der Waals surface area contributed by atoms with Crippen molar-refractivity contribution in [2.75, 3.05) is 13.7 Å². The van der Waals surface area contributed by atoms with E-state index in [9.17, 15) is 5.11 Å². The summed E-state index contributed by atoms with van der Waals surface area (Å²) < 4.78 is 18.5. The van der Waals surface area contributed by atoms with E-state index >= 15 is 0 Å². The van der Waals surface area contributed by atoms with Crippen molar-refractivity contribution in [1.29, 1.82) is 0 Å². The summed E-state index contributed by atoms with van der Waals surface area (Å²) in [5.41, 5.74) is 1.66. The molecule has 1 aliphatic rings. The fourth-order valence-corrected chi connectivity index (χ4v) is 4.45. The van der Waals surface area contributed by atoms with Gasteiger partial charge in [0.25, 0.3) is 0 Å². The molecule has 0 radical (unpaired) electrons. The van der Waals surface area contributed by atoms with Gasteiger partial charge >= 0.3 is 0 Å². The lowest BCUT2D eigenvalue weighted by Gasteiger charge is -2.46. The molecule has 0 aliphatic carbocycles. The lowest BCUT2D eigenvalue weighted by molar-refractivity contribution is -0.0693. The molecule has 1 aromatic carbocycles. The van der Waals surface area contributed by atoms with Crippen LogP contribution in [-0.2, 0) is 10.8 Å². The van der Waals surface area contributed by atoms with Gasteiger partial charge in [0.15, 0.2) is 8.32 Å². The molecule has 1 N–H and O–H groups in total. The first-order valence-corrected chi connectivity index (χ1v) is 12.0. The van der Waals surface area contributed by atoms with Gasteiger partial charge in [-0.3, -0.25) is 0 Å². The van der Waals surface area contributed by atoms with E-state index in [4.69, 9.17) is 13.9 Å². The molecule has 0 spiro atoms. The largest absolute Gasteiger partial charge is 0.496 e. The first-order valence-electron chi connectivity index (χ1n) is 9.09. The Morgan fingerprint density at radius 1 is 1.32 bits per heavy atom. The topological polar surface area (TPSA) is 47.9 Å². The van der Waals surface area contributed by atoms with E-state index in [1.807, 2.05) is 13.0 Å². The van der Waals surface area contributed by atoms with Crippen molar-refractivity contribution in [3.63, 3.8) is 0 Å². The van der Waals surface area contributed by atoms with Crippen molar-refractivity contribution in [3.05, 3.63) is 23.3 Å². The SMILES string of the molecule is COc1cc(C)cc2c1CC[C@@](C)([C@@H](CO)O[Si](C)(C)C(C)(C)C)O2. The zero-order valence-electron chi connectivity index (χ0n) is 17.0. The minimum Gasteiger partial charge on any atom is -0.496 e. The van der Waals surface area contributed by atoms with E-state index in [-0.39, 0.29) is 17.7 Å². The Labute approximate surface area is 153 Å². The zero-order chi connectivity index (χ0) is 19.0. The Morgan fingerprint density at radius 2 is 1.96 bits per heavy atom. The van der Waals surface area contributed by atoms with Gasteiger partial charge in [-0.05, 0) is 62.5 Å². The van der Waals surface area contributed by atoms with Crippen LogP contribution in [0, 0.1) is 6.92 Å². The molecule has 0 amide bonds. The van der Waals surface area contributed by atoms with E-state index in [1.54, 1.807) is 7.11 Å². The Morgan fingerprint density at radius 3 is 2.48 bits per heavy atom. The quantitative estimate of drug-likeness (QED) is 0.781. The standard InChI is InChI=1S/C20H34O4Si/c1-14-11-16(22-6)15-9-10-20(5,23-17(15)12-14)18(13-21)24-25(7,8)19(2,3)4/h11-12,18,21H,9-10,13H2,1-8H3/t18-,20+/m1/s1. The van der Waals surface area contributed by atoms with E-state index in [2.05, 4.69) is 46.9 Å². The summed E-state index contributed by atoms with van der Waals surface area (Å²) in [5, 5.41) is 10.2. The maximum absolute atomic E-state index is 10.1. The highest BCUT2D eigenvalue weighted by molar-refractivity contribution is 6.74. The molecule has 1 aromatic rings. The molecule has 4 nitrogen and oxygen atoms in total. The Kier molecular flexibility index (Phi) is 5.62. The molecule has 5 heteroatoms. The van der Waals surface area contributed by atoms with Gasteiger partial charge in [-0.15, -0.1) is 0 Å². The van der Waals surface area contributed by atoms with E-state index in [1.165, 1.54) is 0 Å². The number of aliphatic hydroxyl groups excluding tert-OH is 1. The molecule has 0 saturated carbocycles. The minimum atomic E-state index is -2.00. The van der Waals surface area contributed by atoms with Gasteiger partial charge < -0.3 is 19.0 Å². The molecule has 2 atom stereocenters. The average Bonchev–Trinajstić information content (AvgIpc) is 2.50. The van der Waals surface area contributed by atoms with Crippen molar-refractivity contribution in [3.8, 4) is 11.5 Å². The highest BCUT2D eigenvalue weighted by Gasteiger charge is 2.46. The molecule has 1 aliphatic heterocycles. The van der Waals surface area contributed by atoms with Crippen LogP contribution in [0.15, 0.2) is 12.1 Å². The fraction of sp³-hybridized carbons (Fsp3) is 0.700. The lowest BCUT2D eigenvalue weighted by atomic mass is 9.87. The molecule has 142 valence electrons. The molecule has 0 aromatic heterocycles. The van der Waals surface area contributed by atoms with E-state index in [0.29, 0.717) is 0 Å². The summed E-state index contributed by atoms with van der Waals surface area (Å²) in [6.07, 6.45) is 1.30. The van der Waals surface area contributed by atoms with Crippen LogP contribution in [-0.4, -0.2) is 38.8 Å². The highest BCUT2D eigenvalue weighted by atomic mass is 28.4. The van der Waals surface area contributed by atoms with Crippen molar-refractivity contribution in [2.45, 2.75) is 77.3 Å². The molecular formula is C20H34O4Si. The molecular weight excluding hydrogens is 332 g/mol. The summed E-state index contributed by atoms with van der Waals surface area (Å²) in [6, 6.07) is 4.09. The Hall–Kier alpha value is -1.04. The average molecular weight is 367 g/mol. The van der Waals surface area contributed by atoms with Gasteiger partial charge in [0, 0.05) is 5.56 Å². The van der Waals surface area contributed by atoms with Crippen LogP contribution in [0.4, 0.5) is 0 Å². The third-order valence-electron chi connectivity index (χ3n) is 5.84. The predicted octanol–water partition coefficient (Wildman–Crippen LogP) is 4.47. The van der Waals surface area contributed by atoms with Crippen molar-refractivity contribution in [2.24, 2.45) is 0 Å². The molecule has 0 saturated heterocycles. The summed E-state index contributed by atoms with van der Waals surface area (Å²) in [7, 11) is -0.311. The maximum atomic E-state index is 10.1. The number of hydrogen-bond donors (Lipinski definition) is 1. The fourth-order valence-electron chi connectivity index (χ4n) is 3.06. The van der Waals surface area contributed by atoms with Crippen LogP contribution in [0.5, 0.6) is 11.5 Å². The van der Waals surface area contributed by atoms with Crippen LogP contribution in [0.3, 0.4) is 0 Å². The van der Waals surface area contributed by atoms with E-state index < -0.39 is 13.9 Å². The number of hydrogen-bond acceptors (Lipinski definition) is 4. The third-order valence-corrected chi connectivity index (χ3v) is 10.3. The number of rotatable bonds is 5. The number of aryl methyl sites for hydroxylation is 1. The first kappa shape index (κ1) is 20.3. The van der Waals surface area contributed by atoms with Crippen molar-refractivity contribution < 1.29 is 19.0 Å². The normalized spacial score (nSPS) is 22.1. The molecule has 0 unspecified atom stereocenters.